The Morgan fingerprint density at radius 1 is 0.978 bits per heavy atom. The van der Waals surface area contributed by atoms with Crippen LogP contribution in [-0.2, 0) is 36.7 Å². The van der Waals surface area contributed by atoms with Crippen molar-refractivity contribution in [2.75, 3.05) is 26.1 Å². The molecule has 0 aromatic carbocycles. The quantitative estimate of drug-likeness (QED) is 0.101. The molecule has 0 saturated carbocycles. The van der Waals surface area contributed by atoms with Gasteiger partial charge in [-0.2, -0.15) is 0 Å². The van der Waals surface area contributed by atoms with Crippen LogP contribution < -0.4 is 11.3 Å². The van der Waals surface area contributed by atoms with Crippen molar-refractivity contribution in [1.82, 2.24) is 39.0 Å². The van der Waals surface area contributed by atoms with Crippen molar-refractivity contribution in [1.29, 1.82) is 0 Å². The summed E-state index contributed by atoms with van der Waals surface area (Å²) >= 11 is 0. The predicted molar refractivity (Wildman–Crippen MR) is 146 cm³/mol. The predicted octanol–water partition coefficient (Wildman–Crippen LogP) is -1.29. The second-order valence-electron chi connectivity index (χ2n) is 9.93. The first-order chi connectivity index (χ1) is 21.4. The Labute approximate surface area is 250 Å². The van der Waals surface area contributed by atoms with Crippen LogP contribution in [0.2, 0.25) is 0 Å². The third kappa shape index (κ3) is 6.28. The monoisotopic (exact) mass is 675 g/mol. The first-order valence-electron chi connectivity index (χ1n) is 13.1. The van der Waals surface area contributed by atoms with E-state index in [0.29, 0.717) is 0 Å². The fraction of sp³-hybridized carbons (Fsp3) is 0.524. The first-order valence-corrected chi connectivity index (χ1v) is 16.1. The number of H-pyrrole nitrogens is 1. The number of aliphatic hydroxyl groups is 2. The van der Waals surface area contributed by atoms with E-state index in [-0.39, 0.29) is 34.6 Å². The number of hydrogen-bond donors (Lipinski definition) is 6. The van der Waals surface area contributed by atoms with E-state index in [9.17, 15) is 33.9 Å². The molecule has 45 heavy (non-hydrogen) atoms. The molecular weight excluding hydrogens is 648 g/mol. The zero-order chi connectivity index (χ0) is 32.1. The van der Waals surface area contributed by atoms with Gasteiger partial charge in [0.05, 0.1) is 38.3 Å². The molecule has 9 atom stereocenters. The maximum absolute atomic E-state index is 13.1. The minimum Gasteiger partial charge on any atom is -0.388 e. The van der Waals surface area contributed by atoms with Gasteiger partial charge >= 0.3 is 15.6 Å². The van der Waals surface area contributed by atoms with Crippen LogP contribution in [0.15, 0.2) is 30.1 Å². The molecule has 7 N–H and O–H groups in total. The SMILES string of the molecule is COP(=O)(O)OCC1OC(n2cnc3c(N)ncnc32)[C@H](O)[C@@H]1OP(=O)(O)OCC1C[C@@H](O)C(n2cnc3c(=O)[nH]cnc32)O1. The number of phosphoric acid groups is 2. The average molecular weight is 675 g/mol. The van der Waals surface area contributed by atoms with E-state index in [1.54, 1.807) is 0 Å². The molecule has 2 aliphatic heterocycles. The molecule has 24 heteroatoms. The Morgan fingerprint density at radius 3 is 2.42 bits per heavy atom. The third-order valence-corrected chi connectivity index (χ3v) is 9.01. The second-order valence-corrected chi connectivity index (χ2v) is 12.9. The number of aromatic nitrogens is 8. The summed E-state index contributed by atoms with van der Waals surface area (Å²) in [6.45, 7) is -1.27. The molecule has 2 saturated heterocycles. The van der Waals surface area contributed by atoms with Crippen molar-refractivity contribution >= 4 is 43.8 Å². The lowest BCUT2D eigenvalue weighted by molar-refractivity contribution is -0.0558. The number of imidazole rings is 2. The van der Waals surface area contributed by atoms with Crippen LogP contribution >= 0.6 is 15.6 Å². The number of nitrogen functional groups attached to an aromatic ring is 1. The Balaban J connectivity index is 1.16. The highest BCUT2D eigenvalue weighted by atomic mass is 31.2. The molecule has 244 valence electrons. The number of fused-ring (bicyclic) bond motifs is 2. The zero-order valence-corrected chi connectivity index (χ0v) is 24.8. The normalized spacial score (nSPS) is 29.8. The van der Waals surface area contributed by atoms with Crippen molar-refractivity contribution in [3.8, 4) is 0 Å². The van der Waals surface area contributed by atoms with Gasteiger partial charge in [0.2, 0.25) is 0 Å². The summed E-state index contributed by atoms with van der Waals surface area (Å²) in [7, 11) is -8.62. The molecule has 6 heterocycles. The lowest BCUT2D eigenvalue weighted by Crippen LogP contribution is -2.36. The minimum atomic E-state index is -5.01. The summed E-state index contributed by atoms with van der Waals surface area (Å²) in [6, 6.07) is 0. The van der Waals surface area contributed by atoms with Crippen LogP contribution in [0.5, 0.6) is 0 Å². The molecule has 2 aliphatic rings. The van der Waals surface area contributed by atoms with Gasteiger partial charge in [-0.15, -0.1) is 0 Å². The number of ether oxygens (including phenoxy) is 2. The average Bonchev–Trinajstić information content (AvgIpc) is 3.77. The molecule has 0 bridgehead atoms. The Hall–Kier alpha value is -3.24. The molecule has 4 aromatic heterocycles. The van der Waals surface area contributed by atoms with Crippen molar-refractivity contribution in [2.45, 2.75) is 49.4 Å². The molecule has 0 aliphatic carbocycles. The van der Waals surface area contributed by atoms with E-state index in [4.69, 9.17) is 28.8 Å². The van der Waals surface area contributed by atoms with Crippen LogP contribution in [0, 0.1) is 0 Å². The molecule has 0 amide bonds. The summed E-state index contributed by atoms with van der Waals surface area (Å²) < 4.78 is 58.9. The number of nitrogens with two attached hydrogens (primary N) is 1. The van der Waals surface area contributed by atoms with Crippen LogP contribution in [0.4, 0.5) is 5.82 Å². The number of rotatable bonds is 11. The van der Waals surface area contributed by atoms with Crippen LogP contribution in [-0.4, -0.2) is 110 Å². The highest BCUT2D eigenvalue weighted by Gasteiger charge is 2.50. The van der Waals surface area contributed by atoms with E-state index in [0.717, 1.165) is 13.4 Å². The van der Waals surface area contributed by atoms with Gasteiger partial charge in [-0.25, -0.2) is 34.0 Å². The van der Waals surface area contributed by atoms with Gasteiger partial charge in [0.15, 0.2) is 35.1 Å². The number of hydrogen-bond acceptors (Lipinski definition) is 17. The van der Waals surface area contributed by atoms with Gasteiger partial charge in [0.1, 0.15) is 36.3 Å². The van der Waals surface area contributed by atoms with Crippen molar-refractivity contribution in [2.24, 2.45) is 0 Å². The molecule has 22 nitrogen and oxygen atoms in total. The van der Waals surface area contributed by atoms with Crippen LogP contribution in [0.3, 0.4) is 0 Å². The smallest absolute Gasteiger partial charge is 0.388 e. The number of nitrogens with one attached hydrogen (secondary N) is 1. The van der Waals surface area contributed by atoms with Crippen molar-refractivity contribution < 1.29 is 56.7 Å². The van der Waals surface area contributed by atoms with Gasteiger partial charge in [-0.3, -0.25) is 32.0 Å². The van der Waals surface area contributed by atoms with Gasteiger partial charge in [0.25, 0.3) is 5.56 Å². The summed E-state index contributed by atoms with van der Waals surface area (Å²) in [4.78, 5) is 54.7. The number of phosphoric ester groups is 2. The van der Waals surface area contributed by atoms with Gasteiger partial charge in [0, 0.05) is 13.5 Å². The van der Waals surface area contributed by atoms with Crippen molar-refractivity contribution in [3.05, 3.63) is 35.7 Å². The van der Waals surface area contributed by atoms with E-state index in [1.165, 1.54) is 28.1 Å². The summed E-state index contributed by atoms with van der Waals surface area (Å²) in [5.74, 6) is 0.0427. The maximum Gasteiger partial charge on any atom is 0.472 e. The summed E-state index contributed by atoms with van der Waals surface area (Å²) in [5, 5.41) is 21.8. The Kier molecular flexibility index (Phi) is 8.58. The number of aromatic amines is 1. The first kappa shape index (κ1) is 31.7. The lowest BCUT2D eigenvalue weighted by Gasteiger charge is -2.24. The number of aliphatic hydroxyl groups excluding tert-OH is 2. The largest absolute Gasteiger partial charge is 0.472 e. The van der Waals surface area contributed by atoms with E-state index in [1.807, 2.05) is 0 Å². The highest BCUT2D eigenvalue weighted by molar-refractivity contribution is 7.47. The number of anilines is 1. The Morgan fingerprint density at radius 2 is 1.67 bits per heavy atom. The Bertz CT molecular complexity index is 1850. The molecule has 4 aromatic rings. The van der Waals surface area contributed by atoms with Gasteiger partial charge < -0.3 is 40.2 Å². The fourth-order valence-electron chi connectivity index (χ4n) is 4.99. The summed E-state index contributed by atoms with van der Waals surface area (Å²) in [6.07, 6.45) is -4.42. The van der Waals surface area contributed by atoms with Crippen LogP contribution in [0.1, 0.15) is 18.9 Å². The van der Waals surface area contributed by atoms with Gasteiger partial charge in [-0.05, 0) is 0 Å². The summed E-state index contributed by atoms with van der Waals surface area (Å²) in [5.41, 5.74) is 5.85. The zero-order valence-electron chi connectivity index (χ0n) is 23.0. The highest BCUT2D eigenvalue weighted by Crippen LogP contribution is 2.50. The van der Waals surface area contributed by atoms with Crippen molar-refractivity contribution in [3.63, 3.8) is 0 Å². The minimum absolute atomic E-state index is 0.0260. The molecule has 0 radical (unpaired) electrons. The molecular formula is C21H27N9O13P2. The van der Waals surface area contributed by atoms with Crippen LogP contribution in [0.25, 0.3) is 22.3 Å². The van der Waals surface area contributed by atoms with E-state index in [2.05, 4.69) is 34.4 Å². The lowest BCUT2D eigenvalue weighted by atomic mass is 10.1. The standard InChI is InChI=1S/C21H27N9O13P2/c1-38-44(34,35)40-4-11-15(14(32)21(42-11)30-7-27-12-16(22)23-5-24-17(12)30)43-45(36,37)39-3-9-2-10(31)20(41-9)29-8-28-13-18(29)25-6-26-19(13)33/h5-11,14-15,20-21,31-32H,2-4H2,1H3,(H,34,35)(H,36,37)(H2,22,23,24)(H,25,26,33)/t9?,10-,11?,14-,15-,20?,21?/m1/s1. The third-order valence-electron chi connectivity index (χ3n) is 7.09. The van der Waals surface area contributed by atoms with E-state index >= 15 is 0 Å². The second kappa shape index (κ2) is 12.2. The fourth-order valence-corrected chi connectivity index (χ4v) is 6.41. The maximum atomic E-state index is 13.1. The van der Waals surface area contributed by atoms with Gasteiger partial charge in [-0.1, -0.05) is 0 Å². The molecule has 6 rings (SSSR count). The molecule has 2 fully saturated rings. The topological polar surface area (TPSA) is 304 Å². The number of nitrogens with zero attached hydrogens (tertiary/aromatic N) is 7. The molecule has 0 spiro atoms. The van der Waals surface area contributed by atoms with E-state index < -0.39 is 77.4 Å². The molecule has 6 unspecified atom stereocenters.